The fraction of sp³-hybridized carbons (Fsp3) is 0.143. The highest BCUT2D eigenvalue weighted by Gasteiger charge is 2.06. The van der Waals surface area contributed by atoms with Crippen molar-refractivity contribution < 1.29 is 9.90 Å². The van der Waals surface area contributed by atoms with Gasteiger partial charge in [-0.2, -0.15) is 0 Å². The number of rotatable bonds is 1. The highest BCUT2D eigenvalue weighted by Crippen LogP contribution is 2.28. The maximum absolute atomic E-state index is 11.0. The second kappa shape index (κ2) is 4.37. The molecule has 3 heteroatoms. The number of carbonyl (C=O) groups is 1. The third kappa shape index (κ3) is 2.33. The summed E-state index contributed by atoms with van der Waals surface area (Å²) >= 11 is 0. The number of benzene rings is 1. The van der Waals surface area contributed by atoms with Crippen LogP contribution >= 0.6 is 0 Å². The van der Waals surface area contributed by atoms with E-state index in [1.165, 1.54) is 12.2 Å². The van der Waals surface area contributed by atoms with Gasteiger partial charge in [0, 0.05) is 0 Å². The number of aromatic hydroxyl groups is 1. The topological polar surface area (TPSA) is 49.7 Å². The largest absolute Gasteiger partial charge is 0.508 e. The third-order valence-electron chi connectivity index (χ3n) is 2.82. The molecule has 17 heavy (non-hydrogen) atoms. The summed E-state index contributed by atoms with van der Waals surface area (Å²) in [6.07, 6.45) is 6.34. The van der Waals surface area contributed by atoms with Crippen molar-refractivity contribution in [3.8, 4) is 5.75 Å². The maximum atomic E-state index is 11.0. The Morgan fingerprint density at radius 2 is 1.65 bits per heavy atom. The molecule has 0 saturated heterocycles. The second-order valence-corrected chi connectivity index (χ2v) is 3.96. The van der Waals surface area contributed by atoms with Gasteiger partial charge in [-0.25, -0.2) is 4.99 Å². The minimum atomic E-state index is -0.0254. The lowest BCUT2D eigenvalue weighted by Gasteiger charge is -2.07. The summed E-state index contributed by atoms with van der Waals surface area (Å²) in [4.78, 5) is 15.4. The summed E-state index contributed by atoms with van der Waals surface area (Å²) < 4.78 is 0. The molecule has 0 bridgehead atoms. The molecule has 0 amide bonds. The predicted octanol–water partition coefficient (Wildman–Crippen LogP) is 2.78. The van der Waals surface area contributed by atoms with E-state index in [9.17, 15) is 9.90 Å². The van der Waals surface area contributed by atoms with Gasteiger partial charge < -0.3 is 5.11 Å². The van der Waals surface area contributed by atoms with E-state index in [1.54, 1.807) is 24.3 Å². The van der Waals surface area contributed by atoms with Gasteiger partial charge in [0.1, 0.15) is 5.75 Å². The van der Waals surface area contributed by atoms with Crippen LogP contribution in [0.4, 0.5) is 5.69 Å². The SMILES string of the molecule is Cc1c(O)ccc(N=C2C=CC(=O)C=C2)c1C. The molecule has 2 rings (SSSR count). The fourth-order valence-electron chi connectivity index (χ4n) is 1.57. The Balaban J connectivity index is 2.40. The first-order valence-corrected chi connectivity index (χ1v) is 5.36. The molecule has 86 valence electrons. The molecule has 0 fully saturated rings. The van der Waals surface area contributed by atoms with Crippen molar-refractivity contribution in [3.05, 3.63) is 47.6 Å². The van der Waals surface area contributed by atoms with Gasteiger partial charge >= 0.3 is 0 Å². The Morgan fingerprint density at radius 3 is 2.29 bits per heavy atom. The molecule has 0 unspecified atom stereocenters. The minimum Gasteiger partial charge on any atom is -0.508 e. The van der Waals surface area contributed by atoms with E-state index < -0.39 is 0 Å². The van der Waals surface area contributed by atoms with Crippen molar-refractivity contribution in [2.45, 2.75) is 13.8 Å². The molecule has 1 aliphatic rings. The second-order valence-electron chi connectivity index (χ2n) is 3.96. The maximum Gasteiger partial charge on any atom is 0.178 e. The van der Waals surface area contributed by atoms with Crippen molar-refractivity contribution in [2.75, 3.05) is 0 Å². The molecule has 0 spiro atoms. The van der Waals surface area contributed by atoms with Gasteiger partial charge in [0.25, 0.3) is 0 Å². The number of ketones is 1. The quantitative estimate of drug-likeness (QED) is 0.750. The van der Waals surface area contributed by atoms with Crippen molar-refractivity contribution >= 4 is 17.2 Å². The molecule has 0 radical (unpaired) electrons. The lowest BCUT2D eigenvalue weighted by atomic mass is 10.1. The van der Waals surface area contributed by atoms with Gasteiger partial charge in [-0.1, -0.05) is 0 Å². The molecular weight excluding hydrogens is 214 g/mol. The summed E-state index contributed by atoms with van der Waals surface area (Å²) in [5.74, 6) is 0.249. The molecule has 1 N–H and O–H groups in total. The Kier molecular flexibility index (Phi) is 2.91. The first-order valence-electron chi connectivity index (χ1n) is 5.36. The number of phenols is 1. The average Bonchev–Trinajstić information content (AvgIpc) is 2.33. The van der Waals surface area contributed by atoms with E-state index in [4.69, 9.17) is 0 Å². The fourth-order valence-corrected chi connectivity index (χ4v) is 1.57. The first-order chi connectivity index (χ1) is 8.08. The minimum absolute atomic E-state index is 0.0254. The first kappa shape index (κ1) is 11.3. The number of aliphatic imine (C=N–C) groups is 1. The van der Waals surface area contributed by atoms with Gasteiger partial charge in [-0.3, -0.25) is 4.79 Å². The van der Waals surface area contributed by atoms with Gasteiger partial charge in [-0.15, -0.1) is 0 Å². The monoisotopic (exact) mass is 227 g/mol. The molecule has 1 aromatic rings. The number of nitrogens with zero attached hydrogens (tertiary/aromatic N) is 1. The summed E-state index contributed by atoms with van der Waals surface area (Å²) in [6.45, 7) is 3.76. The summed E-state index contributed by atoms with van der Waals surface area (Å²) in [5.41, 5.74) is 3.31. The van der Waals surface area contributed by atoms with Crippen LogP contribution in [-0.4, -0.2) is 16.6 Å². The van der Waals surface area contributed by atoms with Crippen molar-refractivity contribution in [3.63, 3.8) is 0 Å². The van der Waals surface area contributed by atoms with Gasteiger partial charge in [0.15, 0.2) is 5.78 Å². The number of hydrogen-bond donors (Lipinski definition) is 1. The number of carbonyl (C=O) groups excluding carboxylic acids is 1. The van der Waals surface area contributed by atoms with Crippen LogP contribution in [0.2, 0.25) is 0 Å². The van der Waals surface area contributed by atoms with Crippen LogP contribution in [0.15, 0.2) is 41.4 Å². The molecule has 3 nitrogen and oxygen atoms in total. The van der Waals surface area contributed by atoms with Crippen LogP contribution in [0.1, 0.15) is 11.1 Å². The van der Waals surface area contributed by atoms with E-state index in [0.717, 1.165) is 22.5 Å². The van der Waals surface area contributed by atoms with E-state index in [0.29, 0.717) is 0 Å². The van der Waals surface area contributed by atoms with Gasteiger partial charge in [0.05, 0.1) is 11.4 Å². The molecule has 1 aliphatic carbocycles. The van der Waals surface area contributed by atoms with E-state index in [1.807, 2.05) is 13.8 Å². The molecular formula is C14H13NO2. The number of allylic oxidation sites excluding steroid dienone is 4. The van der Waals surface area contributed by atoms with E-state index >= 15 is 0 Å². The van der Waals surface area contributed by atoms with E-state index in [2.05, 4.69) is 4.99 Å². The Bertz CT molecular complexity index is 548. The van der Waals surface area contributed by atoms with Crippen molar-refractivity contribution in [1.82, 2.24) is 0 Å². The van der Waals surface area contributed by atoms with Crippen LogP contribution in [0.5, 0.6) is 5.75 Å². The smallest absolute Gasteiger partial charge is 0.178 e. The Morgan fingerprint density at radius 1 is 1.00 bits per heavy atom. The summed E-state index contributed by atoms with van der Waals surface area (Å²) in [7, 11) is 0. The Labute approximate surface area is 99.8 Å². The standard InChI is InChI=1S/C14H13NO2/c1-9-10(2)14(17)8-7-13(9)15-11-3-5-12(16)6-4-11/h3-8,17H,1-2H3. The van der Waals surface area contributed by atoms with Crippen molar-refractivity contribution in [2.24, 2.45) is 4.99 Å². The van der Waals surface area contributed by atoms with Crippen LogP contribution in [0.3, 0.4) is 0 Å². The zero-order valence-electron chi connectivity index (χ0n) is 9.77. The van der Waals surface area contributed by atoms with Crippen molar-refractivity contribution in [1.29, 1.82) is 0 Å². The zero-order valence-corrected chi connectivity index (χ0v) is 9.77. The molecule has 0 aliphatic heterocycles. The van der Waals surface area contributed by atoms with Crippen LogP contribution in [0.25, 0.3) is 0 Å². The van der Waals surface area contributed by atoms with Crippen LogP contribution in [-0.2, 0) is 4.79 Å². The van der Waals surface area contributed by atoms with E-state index in [-0.39, 0.29) is 11.5 Å². The lowest BCUT2D eigenvalue weighted by Crippen LogP contribution is -1.98. The normalized spacial score (nSPS) is 14.2. The van der Waals surface area contributed by atoms with Crippen LogP contribution in [0, 0.1) is 13.8 Å². The molecule has 0 atom stereocenters. The molecule has 0 heterocycles. The third-order valence-corrected chi connectivity index (χ3v) is 2.82. The highest BCUT2D eigenvalue weighted by molar-refractivity contribution is 6.17. The summed E-state index contributed by atoms with van der Waals surface area (Å²) in [5, 5.41) is 9.54. The highest BCUT2D eigenvalue weighted by atomic mass is 16.3. The zero-order chi connectivity index (χ0) is 12.4. The molecule has 0 aromatic heterocycles. The predicted molar refractivity (Wildman–Crippen MR) is 68.0 cm³/mol. The molecule has 0 saturated carbocycles. The lowest BCUT2D eigenvalue weighted by molar-refractivity contribution is -0.110. The average molecular weight is 227 g/mol. The van der Waals surface area contributed by atoms with Crippen LogP contribution < -0.4 is 0 Å². The Hall–Kier alpha value is -2.16. The number of phenolic OH excluding ortho intramolecular Hbond substituents is 1. The van der Waals surface area contributed by atoms with Gasteiger partial charge in [0.2, 0.25) is 0 Å². The number of hydrogen-bond acceptors (Lipinski definition) is 3. The van der Waals surface area contributed by atoms with Gasteiger partial charge in [-0.05, 0) is 61.4 Å². The molecule has 1 aromatic carbocycles. The summed E-state index contributed by atoms with van der Waals surface area (Å²) in [6, 6.07) is 3.39.